The Morgan fingerprint density at radius 3 is 2.56 bits per heavy atom. The number of carbonyl (C=O) groups excluding carboxylic acids is 1. The Morgan fingerprint density at radius 2 is 1.85 bits per heavy atom. The first-order chi connectivity index (χ1) is 13.1. The van der Waals surface area contributed by atoms with Crippen molar-refractivity contribution in [3.05, 3.63) is 66.1 Å². The summed E-state index contributed by atoms with van der Waals surface area (Å²) < 4.78 is 25.0. The molecule has 0 atom stereocenters. The third kappa shape index (κ3) is 4.75. The van der Waals surface area contributed by atoms with Gasteiger partial charge in [0.25, 0.3) is 0 Å². The molecule has 0 unspecified atom stereocenters. The molecule has 7 nitrogen and oxygen atoms in total. The summed E-state index contributed by atoms with van der Waals surface area (Å²) in [5.74, 6) is 1.20. The molecule has 0 aliphatic rings. The Kier molecular flexibility index (Phi) is 5.55. The van der Waals surface area contributed by atoms with Crippen LogP contribution in [0.25, 0.3) is 0 Å². The summed E-state index contributed by atoms with van der Waals surface area (Å²) in [6, 6.07) is 12.5. The number of urea groups is 1. The molecule has 0 saturated carbocycles. The monoisotopic (exact) mass is 370 g/mol. The van der Waals surface area contributed by atoms with Crippen LogP contribution in [0.5, 0.6) is 11.5 Å². The zero-order chi connectivity index (χ0) is 19.2. The van der Waals surface area contributed by atoms with Crippen LogP contribution in [0.15, 0.2) is 54.7 Å². The molecule has 0 aliphatic heterocycles. The van der Waals surface area contributed by atoms with E-state index in [9.17, 15) is 9.18 Å². The van der Waals surface area contributed by atoms with Gasteiger partial charge >= 0.3 is 6.03 Å². The molecule has 27 heavy (non-hydrogen) atoms. The lowest BCUT2D eigenvalue weighted by atomic mass is 10.2. The molecule has 0 bridgehead atoms. The Labute approximate surface area is 155 Å². The van der Waals surface area contributed by atoms with Crippen molar-refractivity contribution >= 4 is 17.5 Å². The molecule has 0 radical (unpaired) electrons. The van der Waals surface area contributed by atoms with Crippen LogP contribution in [0.2, 0.25) is 0 Å². The van der Waals surface area contributed by atoms with Crippen LogP contribution in [-0.2, 0) is 6.54 Å². The van der Waals surface area contributed by atoms with E-state index in [2.05, 4.69) is 15.7 Å². The highest BCUT2D eigenvalue weighted by Crippen LogP contribution is 2.28. The molecule has 140 valence electrons. The van der Waals surface area contributed by atoms with Crippen molar-refractivity contribution in [2.75, 3.05) is 24.9 Å². The summed E-state index contributed by atoms with van der Waals surface area (Å²) in [6.07, 6.45) is 1.73. The van der Waals surface area contributed by atoms with E-state index >= 15 is 0 Å². The van der Waals surface area contributed by atoms with Gasteiger partial charge in [0.2, 0.25) is 0 Å². The molecule has 3 aromatic rings. The van der Waals surface area contributed by atoms with Crippen molar-refractivity contribution in [3.63, 3.8) is 0 Å². The first-order valence-corrected chi connectivity index (χ1v) is 8.15. The van der Waals surface area contributed by atoms with Gasteiger partial charge in [-0.1, -0.05) is 12.1 Å². The van der Waals surface area contributed by atoms with Crippen LogP contribution < -0.4 is 20.1 Å². The van der Waals surface area contributed by atoms with Crippen LogP contribution in [0, 0.1) is 5.82 Å². The second-order valence-corrected chi connectivity index (χ2v) is 5.67. The number of rotatable bonds is 6. The number of hydrogen-bond acceptors (Lipinski definition) is 4. The lowest BCUT2D eigenvalue weighted by molar-refractivity contribution is 0.262. The van der Waals surface area contributed by atoms with E-state index in [0.717, 1.165) is 5.56 Å². The van der Waals surface area contributed by atoms with Crippen LogP contribution in [0.1, 0.15) is 5.56 Å². The van der Waals surface area contributed by atoms with Gasteiger partial charge in [-0.05, 0) is 29.8 Å². The minimum Gasteiger partial charge on any atom is -0.497 e. The first kappa shape index (κ1) is 18.2. The smallest absolute Gasteiger partial charge is 0.325 e. The maximum absolute atomic E-state index is 13.0. The Hall–Kier alpha value is -3.55. The quantitative estimate of drug-likeness (QED) is 0.693. The fourth-order valence-electron chi connectivity index (χ4n) is 2.47. The minimum absolute atomic E-state index is 0.286. The average Bonchev–Trinajstić information content (AvgIpc) is 3.10. The number of amides is 2. The highest BCUT2D eigenvalue weighted by Gasteiger charge is 2.10. The van der Waals surface area contributed by atoms with Gasteiger partial charge in [0.05, 0.1) is 26.5 Å². The van der Waals surface area contributed by atoms with Gasteiger partial charge in [0, 0.05) is 18.3 Å². The molecule has 8 heteroatoms. The van der Waals surface area contributed by atoms with Gasteiger partial charge in [0.15, 0.2) is 5.82 Å². The predicted octanol–water partition coefficient (Wildman–Crippen LogP) is 3.73. The van der Waals surface area contributed by atoms with Crippen molar-refractivity contribution < 1.29 is 18.7 Å². The van der Waals surface area contributed by atoms with E-state index in [-0.39, 0.29) is 5.82 Å². The van der Waals surface area contributed by atoms with Gasteiger partial charge in [-0.15, -0.1) is 0 Å². The fourth-order valence-corrected chi connectivity index (χ4v) is 2.47. The fraction of sp³-hybridized carbons (Fsp3) is 0.158. The number of methoxy groups -OCH3 is 2. The topological polar surface area (TPSA) is 77.4 Å². The van der Waals surface area contributed by atoms with Crippen molar-refractivity contribution in [2.24, 2.45) is 0 Å². The lowest BCUT2D eigenvalue weighted by Gasteiger charge is -2.11. The summed E-state index contributed by atoms with van der Waals surface area (Å²) in [5, 5.41) is 9.64. The SMILES string of the molecule is COc1ccc(OC)c(NC(=O)Nc2ccn(Cc3ccc(F)cc3)n2)c1. The Bertz CT molecular complexity index is 925. The molecule has 2 N–H and O–H groups in total. The number of halogens is 1. The van der Waals surface area contributed by atoms with Crippen LogP contribution >= 0.6 is 0 Å². The maximum atomic E-state index is 13.0. The minimum atomic E-state index is -0.464. The summed E-state index contributed by atoms with van der Waals surface area (Å²) in [7, 11) is 3.06. The standard InChI is InChI=1S/C19H19FN4O3/c1-26-15-7-8-17(27-2)16(11-15)21-19(25)22-18-9-10-24(23-18)12-13-3-5-14(20)6-4-13/h3-11H,12H2,1-2H3,(H2,21,22,23,25). The van der Waals surface area contributed by atoms with E-state index < -0.39 is 6.03 Å². The average molecular weight is 370 g/mol. The lowest BCUT2D eigenvalue weighted by Crippen LogP contribution is -2.20. The summed E-state index contributed by atoms with van der Waals surface area (Å²) in [4.78, 5) is 12.2. The summed E-state index contributed by atoms with van der Waals surface area (Å²) in [5.41, 5.74) is 1.37. The normalized spacial score (nSPS) is 10.3. The van der Waals surface area contributed by atoms with Gasteiger partial charge < -0.3 is 14.8 Å². The maximum Gasteiger partial charge on any atom is 0.325 e. The second-order valence-electron chi connectivity index (χ2n) is 5.67. The number of ether oxygens (including phenoxy) is 2. The van der Waals surface area contributed by atoms with Crippen molar-refractivity contribution in [2.45, 2.75) is 6.54 Å². The van der Waals surface area contributed by atoms with E-state index in [1.807, 2.05) is 0 Å². The van der Waals surface area contributed by atoms with Crippen LogP contribution in [0.3, 0.4) is 0 Å². The van der Waals surface area contributed by atoms with Crippen LogP contribution in [-0.4, -0.2) is 30.0 Å². The zero-order valence-corrected chi connectivity index (χ0v) is 14.9. The second kappa shape index (κ2) is 8.22. The number of hydrogen-bond donors (Lipinski definition) is 2. The van der Waals surface area contributed by atoms with Gasteiger partial charge in [-0.2, -0.15) is 5.10 Å². The summed E-state index contributed by atoms with van der Waals surface area (Å²) in [6.45, 7) is 0.466. The third-order valence-electron chi connectivity index (χ3n) is 3.79. The largest absolute Gasteiger partial charge is 0.497 e. The molecular weight excluding hydrogens is 351 g/mol. The number of aromatic nitrogens is 2. The molecule has 2 amide bonds. The molecule has 0 spiro atoms. The van der Waals surface area contributed by atoms with Gasteiger partial charge in [-0.25, -0.2) is 9.18 Å². The Balaban J connectivity index is 1.63. The highest BCUT2D eigenvalue weighted by atomic mass is 19.1. The van der Waals surface area contributed by atoms with Crippen molar-refractivity contribution in [1.29, 1.82) is 0 Å². The van der Waals surface area contributed by atoms with Crippen LogP contribution in [0.4, 0.5) is 20.7 Å². The highest BCUT2D eigenvalue weighted by molar-refractivity contribution is 6.00. The molecular formula is C19H19FN4O3. The predicted molar refractivity (Wildman–Crippen MR) is 99.9 cm³/mol. The number of carbonyl (C=O) groups is 1. The number of anilines is 2. The molecule has 1 aromatic heterocycles. The molecule has 0 aliphatic carbocycles. The number of nitrogens with one attached hydrogen (secondary N) is 2. The van der Waals surface area contributed by atoms with Gasteiger partial charge in [-0.3, -0.25) is 10.00 Å². The summed E-state index contributed by atoms with van der Waals surface area (Å²) >= 11 is 0. The van der Waals surface area contributed by atoms with E-state index in [4.69, 9.17) is 9.47 Å². The first-order valence-electron chi connectivity index (χ1n) is 8.15. The third-order valence-corrected chi connectivity index (χ3v) is 3.79. The van der Waals surface area contributed by atoms with Crippen molar-refractivity contribution in [3.8, 4) is 11.5 Å². The number of benzene rings is 2. The number of nitrogens with zero attached hydrogens (tertiary/aromatic N) is 2. The molecule has 2 aromatic carbocycles. The molecule has 0 fully saturated rings. The molecule has 3 rings (SSSR count). The molecule has 1 heterocycles. The zero-order valence-electron chi connectivity index (χ0n) is 14.9. The Morgan fingerprint density at radius 1 is 1.07 bits per heavy atom. The molecule has 0 saturated heterocycles. The van der Waals surface area contributed by atoms with E-state index in [0.29, 0.717) is 29.5 Å². The van der Waals surface area contributed by atoms with Gasteiger partial charge in [0.1, 0.15) is 17.3 Å². The van der Waals surface area contributed by atoms with Crippen molar-refractivity contribution in [1.82, 2.24) is 9.78 Å². The van der Waals surface area contributed by atoms with E-state index in [1.165, 1.54) is 19.2 Å². The van der Waals surface area contributed by atoms with E-state index in [1.54, 1.807) is 54.4 Å².